The summed E-state index contributed by atoms with van der Waals surface area (Å²) in [7, 11) is 5.49. The van der Waals surface area contributed by atoms with Crippen molar-refractivity contribution in [3.8, 4) is 16.9 Å². The van der Waals surface area contributed by atoms with Gasteiger partial charge in [-0.25, -0.2) is 9.97 Å². The standard InChI is InChI=1S/C23H33N5O3/c1-6-28(7-2)21(29)16-27-12-13-31-20(15-27)22-19(14-24-23(25-22)26(3)4)17-8-10-18(30-5)11-9-17/h8-11,14,20H,6-7,12-13,15-16H2,1-5H3/t20-/m0/s1. The average molecular weight is 428 g/mol. The van der Waals surface area contributed by atoms with E-state index in [2.05, 4.69) is 9.88 Å². The molecule has 2 aromatic rings. The summed E-state index contributed by atoms with van der Waals surface area (Å²) in [5, 5.41) is 0. The molecule has 0 spiro atoms. The molecule has 1 fully saturated rings. The van der Waals surface area contributed by atoms with Gasteiger partial charge in [0.1, 0.15) is 11.9 Å². The van der Waals surface area contributed by atoms with Crippen LogP contribution in [0.25, 0.3) is 11.1 Å². The summed E-state index contributed by atoms with van der Waals surface area (Å²) in [6, 6.07) is 7.85. The molecule has 1 aliphatic heterocycles. The molecule has 31 heavy (non-hydrogen) atoms. The first-order valence-electron chi connectivity index (χ1n) is 10.8. The number of carbonyl (C=O) groups excluding carboxylic acids is 1. The van der Waals surface area contributed by atoms with Gasteiger partial charge in [-0.15, -0.1) is 0 Å². The number of nitrogens with zero attached hydrogens (tertiary/aromatic N) is 5. The molecule has 0 N–H and O–H groups in total. The molecule has 1 amide bonds. The summed E-state index contributed by atoms with van der Waals surface area (Å²) in [6.45, 7) is 7.76. The van der Waals surface area contributed by atoms with Gasteiger partial charge in [0.2, 0.25) is 11.9 Å². The Kier molecular flexibility index (Phi) is 7.81. The van der Waals surface area contributed by atoms with E-state index in [1.165, 1.54) is 0 Å². The lowest BCUT2D eigenvalue weighted by atomic mass is 10.0. The van der Waals surface area contributed by atoms with Crippen LogP contribution >= 0.6 is 0 Å². The number of morpholine rings is 1. The van der Waals surface area contributed by atoms with Crippen molar-refractivity contribution in [2.75, 3.05) is 65.4 Å². The third kappa shape index (κ3) is 5.51. The van der Waals surface area contributed by atoms with Gasteiger partial charge in [0.05, 0.1) is 26.0 Å². The van der Waals surface area contributed by atoms with Gasteiger partial charge < -0.3 is 19.3 Å². The minimum atomic E-state index is -0.239. The minimum Gasteiger partial charge on any atom is -0.497 e. The van der Waals surface area contributed by atoms with Crippen LogP contribution in [0.5, 0.6) is 5.75 Å². The van der Waals surface area contributed by atoms with Crippen LogP contribution in [0.2, 0.25) is 0 Å². The molecule has 8 nitrogen and oxygen atoms in total. The highest BCUT2D eigenvalue weighted by molar-refractivity contribution is 5.78. The van der Waals surface area contributed by atoms with Crippen LogP contribution in [0.15, 0.2) is 30.5 Å². The van der Waals surface area contributed by atoms with E-state index in [0.717, 1.165) is 42.2 Å². The molecule has 1 atom stereocenters. The Morgan fingerprint density at radius 2 is 1.94 bits per heavy atom. The van der Waals surface area contributed by atoms with Crippen molar-refractivity contribution in [3.63, 3.8) is 0 Å². The van der Waals surface area contributed by atoms with E-state index in [9.17, 15) is 4.79 Å². The maximum atomic E-state index is 12.6. The summed E-state index contributed by atoms with van der Waals surface area (Å²) in [4.78, 5) is 27.9. The molecular formula is C23H33N5O3. The number of anilines is 1. The van der Waals surface area contributed by atoms with E-state index in [1.807, 2.05) is 68.2 Å². The van der Waals surface area contributed by atoms with E-state index < -0.39 is 0 Å². The summed E-state index contributed by atoms with van der Waals surface area (Å²) in [5.74, 6) is 1.58. The fourth-order valence-electron chi connectivity index (χ4n) is 3.72. The maximum Gasteiger partial charge on any atom is 0.236 e. The topological polar surface area (TPSA) is 71.0 Å². The van der Waals surface area contributed by atoms with Crippen LogP contribution in [-0.4, -0.2) is 86.2 Å². The number of rotatable bonds is 8. The first kappa shape index (κ1) is 23.0. The van der Waals surface area contributed by atoms with Crippen molar-refractivity contribution in [3.05, 3.63) is 36.2 Å². The lowest BCUT2D eigenvalue weighted by Crippen LogP contribution is -2.45. The predicted octanol–water partition coefficient (Wildman–Crippen LogP) is 2.46. The Hall–Kier alpha value is -2.71. The Bertz CT molecular complexity index is 868. The number of benzene rings is 1. The van der Waals surface area contributed by atoms with E-state index in [-0.39, 0.29) is 12.0 Å². The van der Waals surface area contributed by atoms with Gasteiger partial charge in [-0.3, -0.25) is 9.69 Å². The summed E-state index contributed by atoms with van der Waals surface area (Å²) in [5.41, 5.74) is 2.76. The summed E-state index contributed by atoms with van der Waals surface area (Å²) < 4.78 is 11.4. The number of methoxy groups -OCH3 is 1. The number of likely N-dealkylation sites (N-methyl/N-ethyl adjacent to an activating group) is 1. The Balaban J connectivity index is 1.88. The van der Waals surface area contributed by atoms with Crippen molar-refractivity contribution in [2.45, 2.75) is 20.0 Å². The van der Waals surface area contributed by atoms with Gasteiger partial charge in [0, 0.05) is 52.0 Å². The third-order valence-electron chi connectivity index (χ3n) is 5.54. The van der Waals surface area contributed by atoms with Crippen LogP contribution in [0.4, 0.5) is 5.95 Å². The number of aromatic nitrogens is 2. The van der Waals surface area contributed by atoms with Crippen molar-refractivity contribution >= 4 is 11.9 Å². The second kappa shape index (κ2) is 10.5. The largest absolute Gasteiger partial charge is 0.497 e. The Morgan fingerprint density at radius 1 is 1.23 bits per heavy atom. The molecule has 0 bridgehead atoms. The number of hydrogen-bond donors (Lipinski definition) is 0. The molecule has 0 saturated carbocycles. The van der Waals surface area contributed by atoms with Gasteiger partial charge in [-0.1, -0.05) is 12.1 Å². The first-order valence-corrected chi connectivity index (χ1v) is 10.8. The highest BCUT2D eigenvalue weighted by Gasteiger charge is 2.28. The van der Waals surface area contributed by atoms with Crippen LogP contribution in [0.1, 0.15) is 25.6 Å². The maximum absolute atomic E-state index is 12.6. The second-order valence-electron chi connectivity index (χ2n) is 7.75. The van der Waals surface area contributed by atoms with Crippen LogP contribution in [-0.2, 0) is 9.53 Å². The predicted molar refractivity (Wildman–Crippen MR) is 121 cm³/mol. The molecule has 8 heteroatoms. The van der Waals surface area contributed by atoms with Gasteiger partial charge >= 0.3 is 0 Å². The van der Waals surface area contributed by atoms with E-state index >= 15 is 0 Å². The highest BCUT2D eigenvalue weighted by atomic mass is 16.5. The lowest BCUT2D eigenvalue weighted by Gasteiger charge is -2.34. The van der Waals surface area contributed by atoms with E-state index in [0.29, 0.717) is 25.6 Å². The monoisotopic (exact) mass is 427 g/mol. The average Bonchev–Trinajstić information content (AvgIpc) is 2.79. The third-order valence-corrected chi connectivity index (χ3v) is 5.54. The van der Waals surface area contributed by atoms with E-state index in [1.54, 1.807) is 7.11 Å². The molecule has 0 aliphatic carbocycles. The molecule has 1 saturated heterocycles. The molecule has 0 unspecified atom stereocenters. The van der Waals surface area contributed by atoms with Crippen molar-refractivity contribution < 1.29 is 14.3 Å². The van der Waals surface area contributed by atoms with E-state index in [4.69, 9.17) is 14.5 Å². The number of ether oxygens (including phenoxy) is 2. The zero-order valence-electron chi connectivity index (χ0n) is 19.2. The molecule has 168 valence electrons. The van der Waals surface area contributed by atoms with Crippen LogP contribution in [0, 0.1) is 0 Å². The normalized spacial score (nSPS) is 16.7. The van der Waals surface area contributed by atoms with Crippen molar-refractivity contribution in [1.82, 2.24) is 19.8 Å². The molecule has 3 rings (SSSR count). The smallest absolute Gasteiger partial charge is 0.236 e. The second-order valence-corrected chi connectivity index (χ2v) is 7.75. The summed E-state index contributed by atoms with van der Waals surface area (Å²) >= 11 is 0. The SMILES string of the molecule is CCN(CC)C(=O)CN1CCO[C@H](c2nc(N(C)C)ncc2-c2ccc(OC)cc2)C1. The minimum absolute atomic E-state index is 0.151. The quantitative estimate of drug-likeness (QED) is 0.641. The Labute approximate surface area is 184 Å². The Morgan fingerprint density at radius 3 is 2.55 bits per heavy atom. The number of hydrogen-bond acceptors (Lipinski definition) is 7. The van der Waals surface area contributed by atoms with Gasteiger partial charge in [0.15, 0.2) is 0 Å². The van der Waals surface area contributed by atoms with Crippen molar-refractivity contribution in [2.24, 2.45) is 0 Å². The van der Waals surface area contributed by atoms with Gasteiger partial charge in [-0.05, 0) is 31.5 Å². The highest BCUT2D eigenvalue weighted by Crippen LogP contribution is 2.32. The fourth-order valence-corrected chi connectivity index (χ4v) is 3.72. The summed E-state index contributed by atoms with van der Waals surface area (Å²) in [6.07, 6.45) is 1.61. The number of amides is 1. The number of carbonyl (C=O) groups is 1. The molecule has 1 aromatic heterocycles. The first-order chi connectivity index (χ1) is 15.0. The molecular weight excluding hydrogens is 394 g/mol. The van der Waals surface area contributed by atoms with Gasteiger partial charge in [-0.2, -0.15) is 0 Å². The zero-order valence-corrected chi connectivity index (χ0v) is 19.2. The zero-order chi connectivity index (χ0) is 22.4. The van der Waals surface area contributed by atoms with Crippen molar-refractivity contribution in [1.29, 1.82) is 0 Å². The molecule has 1 aliphatic rings. The fraction of sp³-hybridized carbons (Fsp3) is 0.522. The molecule has 0 radical (unpaired) electrons. The molecule has 1 aromatic carbocycles. The molecule has 2 heterocycles. The lowest BCUT2D eigenvalue weighted by molar-refractivity contribution is -0.134. The van der Waals surface area contributed by atoms with Crippen LogP contribution < -0.4 is 9.64 Å². The van der Waals surface area contributed by atoms with Crippen LogP contribution in [0.3, 0.4) is 0 Å². The van der Waals surface area contributed by atoms with Gasteiger partial charge in [0.25, 0.3) is 0 Å².